The van der Waals surface area contributed by atoms with Gasteiger partial charge in [-0.25, -0.2) is 0 Å². The van der Waals surface area contributed by atoms with Gasteiger partial charge in [0, 0.05) is 37.1 Å². The van der Waals surface area contributed by atoms with E-state index in [1.54, 1.807) is 0 Å². The van der Waals surface area contributed by atoms with Gasteiger partial charge in [0.25, 0.3) is 0 Å². The van der Waals surface area contributed by atoms with E-state index in [0.29, 0.717) is 0 Å². The minimum atomic E-state index is 0.809. The summed E-state index contributed by atoms with van der Waals surface area (Å²) in [6.07, 6.45) is 10.4. The van der Waals surface area contributed by atoms with Crippen LogP contribution in [0.2, 0.25) is 0 Å². The molecule has 25 heavy (non-hydrogen) atoms. The van der Waals surface area contributed by atoms with Gasteiger partial charge in [-0.15, -0.1) is 0 Å². The fourth-order valence-electron chi connectivity index (χ4n) is 4.24. The van der Waals surface area contributed by atoms with Gasteiger partial charge in [-0.3, -0.25) is 0 Å². The molecule has 0 aliphatic carbocycles. The van der Waals surface area contributed by atoms with Crippen molar-refractivity contribution < 1.29 is 0 Å². The van der Waals surface area contributed by atoms with E-state index in [1.165, 1.54) is 82.5 Å². The highest BCUT2D eigenvalue weighted by Gasteiger charge is 2.25. The highest BCUT2D eigenvalue weighted by Crippen LogP contribution is 2.25. The molecule has 3 N–H and O–H groups in total. The molecule has 2 aliphatic heterocycles. The summed E-state index contributed by atoms with van der Waals surface area (Å²) in [5.41, 5.74) is 8.15. The van der Waals surface area contributed by atoms with Gasteiger partial charge in [0.05, 0.1) is 0 Å². The summed E-state index contributed by atoms with van der Waals surface area (Å²) in [6, 6.07) is 9.85. The molecule has 140 valence electrons. The first-order valence-electron chi connectivity index (χ1n) is 10.4. The summed E-state index contributed by atoms with van der Waals surface area (Å²) in [4.78, 5) is 5.31. The van der Waals surface area contributed by atoms with E-state index in [9.17, 15) is 0 Å². The second-order valence-corrected chi connectivity index (χ2v) is 7.64. The Morgan fingerprint density at radius 1 is 0.880 bits per heavy atom. The number of nitrogens with two attached hydrogens (primary N) is 1. The number of likely N-dealkylation sites (tertiary alicyclic amines) is 1. The van der Waals surface area contributed by atoms with Crippen LogP contribution in [0.4, 0.5) is 11.4 Å². The lowest BCUT2D eigenvalue weighted by atomic mass is 9.99. The molecule has 4 nitrogen and oxygen atoms in total. The van der Waals surface area contributed by atoms with Crippen LogP contribution in [0.25, 0.3) is 0 Å². The Balaban J connectivity index is 1.40. The molecule has 2 saturated heterocycles. The van der Waals surface area contributed by atoms with Gasteiger partial charge in [0.2, 0.25) is 0 Å². The first kappa shape index (κ1) is 18.5. The largest absolute Gasteiger partial charge is 0.385 e. The van der Waals surface area contributed by atoms with Crippen molar-refractivity contribution in [2.24, 2.45) is 5.73 Å². The van der Waals surface area contributed by atoms with E-state index in [2.05, 4.69) is 39.4 Å². The maximum Gasteiger partial charge on any atom is 0.0367 e. The normalized spacial score (nSPS) is 20.0. The molecule has 0 unspecified atom stereocenters. The van der Waals surface area contributed by atoms with Gasteiger partial charge in [-0.05, 0) is 82.4 Å². The Morgan fingerprint density at radius 2 is 1.60 bits per heavy atom. The van der Waals surface area contributed by atoms with Crippen LogP contribution in [0.15, 0.2) is 24.3 Å². The van der Waals surface area contributed by atoms with Crippen LogP contribution in [0.1, 0.15) is 51.4 Å². The van der Waals surface area contributed by atoms with Crippen LogP contribution < -0.4 is 16.0 Å². The van der Waals surface area contributed by atoms with E-state index in [4.69, 9.17) is 5.73 Å². The Hall–Kier alpha value is -1.26. The van der Waals surface area contributed by atoms with Gasteiger partial charge < -0.3 is 20.9 Å². The van der Waals surface area contributed by atoms with Crippen molar-refractivity contribution in [3.8, 4) is 0 Å². The zero-order valence-electron chi connectivity index (χ0n) is 15.8. The number of rotatable bonds is 8. The lowest BCUT2D eigenvalue weighted by molar-refractivity contribution is 0.141. The average Bonchev–Trinajstić information content (AvgIpc) is 2.69. The molecule has 4 heteroatoms. The smallest absolute Gasteiger partial charge is 0.0367 e. The number of nitrogens with one attached hydrogen (secondary N) is 1. The van der Waals surface area contributed by atoms with Gasteiger partial charge in [0.1, 0.15) is 0 Å². The van der Waals surface area contributed by atoms with Gasteiger partial charge in [-0.1, -0.05) is 12.8 Å². The Labute approximate surface area is 153 Å². The van der Waals surface area contributed by atoms with Crippen molar-refractivity contribution in [3.05, 3.63) is 24.3 Å². The van der Waals surface area contributed by atoms with Gasteiger partial charge >= 0.3 is 0 Å². The molecular formula is C21H36N4. The molecular weight excluding hydrogens is 308 g/mol. The quantitative estimate of drug-likeness (QED) is 0.706. The number of benzene rings is 1. The van der Waals surface area contributed by atoms with Crippen molar-refractivity contribution in [1.82, 2.24) is 4.90 Å². The lowest BCUT2D eigenvalue weighted by Gasteiger charge is -2.41. The zero-order chi connectivity index (χ0) is 17.3. The third-order valence-corrected chi connectivity index (χ3v) is 5.81. The third kappa shape index (κ3) is 5.61. The van der Waals surface area contributed by atoms with Crippen LogP contribution in [0.3, 0.4) is 0 Å². The van der Waals surface area contributed by atoms with E-state index in [1.807, 2.05) is 0 Å². The number of unbranched alkanes of at least 4 members (excludes halogenated alkanes) is 2. The minimum Gasteiger partial charge on any atom is -0.385 e. The summed E-state index contributed by atoms with van der Waals surface area (Å²) in [5.74, 6) is 0. The molecule has 0 aromatic heterocycles. The summed E-state index contributed by atoms with van der Waals surface area (Å²) in [7, 11) is 0. The number of anilines is 2. The molecule has 2 aliphatic rings. The maximum absolute atomic E-state index is 5.53. The molecule has 1 aromatic carbocycles. The molecule has 0 bridgehead atoms. The van der Waals surface area contributed by atoms with Gasteiger partial charge in [-0.2, -0.15) is 0 Å². The van der Waals surface area contributed by atoms with Crippen molar-refractivity contribution in [3.63, 3.8) is 0 Å². The molecule has 0 amide bonds. The van der Waals surface area contributed by atoms with Crippen molar-refractivity contribution in [2.75, 3.05) is 49.5 Å². The Morgan fingerprint density at radius 3 is 2.28 bits per heavy atom. The predicted molar refractivity (Wildman–Crippen MR) is 108 cm³/mol. The van der Waals surface area contributed by atoms with Crippen LogP contribution in [-0.2, 0) is 0 Å². The molecule has 0 spiro atoms. The fourth-order valence-corrected chi connectivity index (χ4v) is 4.24. The van der Waals surface area contributed by atoms with E-state index in [0.717, 1.165) is 25.6 Å². The van der Waals surface area contributed by atoms with Crippen LogP contribution in [0.5, 0.6) is 0 Å². The Bertz CT molecular complexity index is 473. The number of hydrogen-bond acceptors (Lipinski definition) is 4. The maximum atomic E-state index is 5.53. The highest BCUT2D eigenvalue weighted by atomic mass is 15.2. The van der Waals surface area contributed by atoms with E-state index < -0.39 is 0 Å². The van der Waals surface area contributed by atoms with Gasteiger partial charge in [0.15, 0.2) is 0 Å². The molecule has 1 aromatic rings. The second-order valence-electron chi connectivity index (χ2n) is 7.64. The van der Waals surface area contributed by atoms with Crippen LogP contribution in [-0.4, -0.2) is 50.2 Å². The topological polar surface area (TPSA) is 44.5 Å². The summed E-state index contributed by atoms with van der Waals surface area (Å²) in [6.45, 7) is 6.91. The van der Waals surface area contributed by atoms with Crippen molar-refractivity contribution >= 4 is 11.4 Å². The summed E-state index contributed by atoms with van der Waals surface area (Å²) < 4.78 is 0. The number of piperidine rings is 2. The molecule has 3 rings (SSSR count). The number of nitrogens with zero attached hydrogens (tertiary/aromatic N) is 2. The second kappa shape index (κ2) is 10.0. The monoisotopic (exact) mass is 344 g/mol. The molecule has 2 fully saturated rings. The molecule has 0 radical (unpaired) electrons. The summed E-state index contributed by atoms with van der Waals surface area (Å²) >= 11 is 0. The van der Waals surface area contributed by atoms with Crippen molar-refractivity contribution in [2.45, 2.75) is 57.4 Å². The van der Waals surface area contributed by atoms with Crippen molar-refractivity contribution in [1.29, 1.82) is 0 Å². The molecule has 2 heterocycles. The third-order valence-electron chi connectivity index (χ3n) is 5.81. The predicted octanol–water partition coefficient (Wildman–Crippen LogP) is 3.68. The average molecular weight is 345 g/mol. The van der Waals surface area contributed by atoms with Crippen LogP contribution in [0, 0.1) is 0 Å². The molecule has 0 atom stereocenters. The van der Waals surface area contributed by atoms with E-state index >= 15 is 0 Å². The minimum absolute atomic E-state index is 0.809. The standard InChI is InChI=1S/C21H36N4/c22-13-3-1-4-14-23-19-7-9-20(10-8-19)25-17-11-21(12-18-25)24-15-5-2-6-16-24/h7-10,21,23H,1-6,11-18,22H2. The Kier molecular flexibility index (Phi) is 7.43. The van der Waals surface area contributed by atoms with E-state index in [-0.39, 0.29) is 0 Å². The SMILES string of the molecule is NCCCCCNc1ccc(N2CCC(N3CCCCC3)CC2)cc1. The first-order valence-corrected chi connectivity index (χ1v) is 10.4. The summed E-state index contributed by atoms with van der Waals surface area (Å²) in [5, 5.41) is 3.52. The fraction of sp³-hybridized carbons (Fsp3) is 0.714. The number of hydrogen-bond donors (Lipinski definition) is 2. The highest BCUT2D eigenvalue weighted by molar-refractivity contribution is 5.55. The lowest BCUT2D eigenvalue weighted by Crippen LogP contribution is -2.46. The molecule has 0 saturated carbocycles. The zero-order valence-corrected chi connectivity index (χ0v) is 15.8. The van der Waals surface area contributed by atoms with Crippen LogP contribution >= 0.6 is 0 Å². The first-order chi connectivity index (χ1) is 12.4.